The lowest BCUT2D eigenvalue weighted by molar-refractivity contribution is -0.384. The molecule has 0 N–H and O–H groups in total. The lowest BCUT2D eigenvalue weighted by atomic mass is 10.1. The van der Waals surface area contributed by atoms with Crippen LogP contribution in [0.4, 0.5) is 11.4 Å². The summed E-state index contributed by atoms with van der Waals surface area (Å²) in [5.41, 5.74) is 0.483. The van der Waals surface area contributed by atoms with Gasteiger partial charge in [0.05, 0.1) is 12.0 Å². The number of nitrogens with zero attached hydrogens (tertiary/aromatic N) is 3. The molecule has 154 valence electrons. The second-order valence-corrected chi connectivity index (χ2v) is 6.88. The molecule has 0 atom stereocenters. The molecule has 1 saturated heterocycles. The molecule has 0 bridgehead atoms. The fourth-order valence-electron chi connectivity index (χ4n) is 3.55. The fraction of sp³-hybridized carbons (Fsp3) is 0.238. The number of piperazine rings is 1. The number of non-ortho nitro benzene ring substituents is 1. The standard InChI is InChI=1S/C21H19N3O6/c1-29-18-4-2-3-14-13-17(21(26)30-19(14)18)20(25)23-11-9-22(10-12-23)15-5-7-16(8-6-15)24(27)28/h2-8,13H,9-12H2,1H3. The number of carbonyl (C=O) groups excluding carboxylic acids is 1. The molecule has 1 aliphatic heterocycles. The highest BCUT2D eigenvalue weighted by molar-refractivity contribution is 5.97. The Morgan fingerprint density at radius 3 is 2.43 bits per heavy atom. The van der Waals surface area contributed by atoms with E-state index in [2.05, 4.69) is 0 Å². The summed E-state index contributed by atoms with van der Waals surface area (Å²) < 4.78 is 10.6. The molecule has 1 fully saturated rings. The van der Waals surface area contributed by atoms with Gasteiger partial charge in [0.1, 0.15) is 5.56 Å². The molecule has 1 aliphatic rings. The van der Waals surface area contributed by atoms with E-state index < -0.39 is 10.5 Å². The number of carbonyl (C=O) groups is 1. The summed E-state index contributed by atoms with van der Waals surface area (Å²) in [7, 11) is 1.48. The van der Waals surface area contributed by atoms with Gasteiger partial charge in [-0.15, -0.1) is 0 Å². The SMILES string of the molecule is COc1cccc2cc(C(=O)N3CCN(c4ccc([N+](=O)[O-])cc4)CC3)c(=O)oc12. The Balaban J connectivity index is 1.50. The number of amides is 1. The first kappa shape index (κ1) is 19.4. The van der Waals surface area contributed by atoms with Crippen LogP contribution in [0.3, 0.4) is 0 Å². The second kappa shape index (κ2) is 7.86. The van der Waals surface area contributed by atoms with Crippen LogP contribution in [0.2, 0.25) is 0 Å². The third kappa shape index (κ3) is 3.57. The van der Waals surface area contributed by atoms with Crippen LogP contribution in [0.5, 0.6) is 5.75 Å². The van der Waals surface area contributed by atoms with E-state index in [0.717, 1.165) is 5.69 Å². The summed E-state index contributed by atoms with van der Waals surface area (Å²) in [4.78, 5) is 39.4. The van der Waals surface area contributed by atoms with Gasteiger partial charge in [-0.25, -0.2) is 4.79 Å². The van der Waals surface area contributed by atoms with Gasteiger partial charge in [-0.3, -0.25) is 14.9 Å². The normalized spacial score (nSPS) is 14.0. The van der Waals surface area contributed by atoms with Crippen LogP contribution in [-0.2, 0) is 0 Å². The maximum absolute atomic E-state index is 12.9. The van der Waals surface area contributed by atoms with E-state index >= 15 is 0 Å². The molecular formula is C21H19N3O6. The molecule has 3 aromatic rings. The highest BCUT2D eigenvalue weighted by atomic mass is 16.6. The van der Waals surface area contributed by atoms with Gasteiger partial charge < -0.3 is 19.0 Å². The molecule has 0 radical (unpaired) electrons. The topological polar surface area (TPSA) is 106 Å². The third-order valence-corrected chi connectivity index (χ3v) is 5.17. The van der Waals surface area contributed by atoms with E-state index in [1.165, 1.54) is 25.3 Å². The number of fused-ring (bicyclic) bond motifs is 1. The summed E-state index contributed by atoms with van der Waals surface area (Å²) in [6.07, 6.45) is 0. The number of benzene rings is 2. The number of ether oxygens (including phenoxy) is 1. The van der Waals surface area contributed by atoms with Crippen molar-refractivity contribution >= 4 is 28.3 Å². The van der Waals surface area contributed by atoms with Crippen molar-refractivity contribution in [3.05, 3.63) is 74.6 Å². The fourth-order valence-corrected chi connectivity index (χ4v) is 3.55. The minimum atomic E-state index is -0.699. The number of rotatable bonds is 4. The first-order chi connectivity index (χ1) is 14.5. The highest BCUT2D eigenvalue weighted by Gasteiger charge is 2.25. The number of hydrogen-bond acceptors (Lipinski definition) is 7. The van der Waals surface area contributed by atoms with Crippen LogP contribution >= 0.6 is 0 Å². The van der Waals surface area contributed by atoms with Gasteiger partial charge in [0.2, 0.25) is 0 Å². The summed E-state index contributed by atoms with van der Waals surface area (Å²) in [6.45, 7) is 1.95. The molecule has 0 unspecified atom stereocenters. The zero-order valence-corrected chi connectivity index (χ0v) is 16.2. The predicted octanol–water partition coefficient (Wildman–Crippen LogP) is 2.67. The van der Waals surface area contributed by atoms with Gasteiger partial charge in [0.15, 0.2) is 11.3 Å². The first-order valence-corrected chi connectivity index (χ1v) is 9.37. The number of methoxy groups -OCH3 is 1. The van der Waals surface area contributed by atoms with E-state index in [0.29, 0.717) is 42.9 Å². The minimum absolute atomic E-state index is 0.0143. The number of nitro benzene ring substituents is 1. The van der Waals surface area contributed by atoms with Crippen LogP contribution < -0.4 is 15.3 Å². The lowest BCUT2D eigenvalue weighted by Gasteiger charge is -2.36. The molecular weight excluding hydrogens is 390 g/mol. The van der Waals surface area contributed by atoms with Crippen molar-refractivity contribution in [2.45, 2.75) is 0 Å². The summed E-state index contributed by atoms with van der Waals surface area (Å²) in [6, 6.07) is 13.0. The van der Waals surface area contributed by atoms with Crippen molar-refractivity contribution in [1.29, 1.82) is 0 Å². The summed E-state index contributed by atoms with van der Waals surface area (Å²) >= 11 is 0. The van der Waals surface area contributed by atoms with Crippen molar-refractivity contribution < 1.29 is 18.9 Å². The Morgan fingerprint density at radius 1 is 1.10 bits per heavy atom. The Hall–Kier alpha value is -3.88. The minimum Gasteiger partial charge on any atom is -0.493 e. The average molecular weight is 409 g/mol. The maximum Gasteiger partial charge on any atom is 0.349 e. The molecule has 0 saturated carbocycles. The van der Waals surface area contributed by atoms with E-state index in [4.69, 9.17) is 9.15 Å². The quantitative estimate of drug-likeness (QED) is 0.370. The van der Waals surface area contributed by atoms with Gasteiger partial charge in [-0.2, -0.15) is 0 Å². The largest absolute Gasteiger partial charge is 0.493 e. The lowest BCUT2D eigenvalue weighted by Crippen LogP contribution is -2.49. The average Bonchev–Trinajstić information content (AvgIpc) is 2.78. The van der Waals surface area contributed by atoms with Gasteiger partial charge in [0.25, 0.3) is 11.6 Å². The van der Waals surface area contributed by atoms with Crippen LogP contribution in [0.15, 0.2) is 57.7 Å². The molecule has 0 aliphatic carbocycles. The Bertz CT molecular complexity index is 1160. The van der Waals surface area contributed by atoms with Crippen molar-refractivity contribution in [3.63, 3.8) is 0 Å². The first-order valence-electron chi connectivity index (χ1n) is 9.37. The van der Waals surface area contributed by atoms with E-state index in [-0.39, 0.29) is 17.2 Å². The molecule has 1 amide bonds. The zero-order valence-electron chi connectivity index (χ0n) is 16.2. The van der Waals surface area contributed by atoms with Crippen LogP contribution in [0.25, 0.3) is 11.0 Å². The molecule has 2 heterocycles. The third-order valence-electron chi connectivity index (χ3n) is 5.17. The summed E-state index contributed by atoms with van der Waals surface area (Å²) in [5.74, 6) is 0.0529. The molecule has 4 rings (SSSR count). The van der Waals surface area contributed by atoms with Crippen molar-refractivity contribution in [2.24, 2.45) is 0 Å². The number of hydrogen-bond donors (Lipinski definition) is 0. The monoisotopic (exact) mass is 409 g/mol. The molecule has 0 spiro atoms. The maximum atomic E-state index is 12.9. The number of nitro groups is 1. The molecule has 9 nitrogen and oxygen atoms in total. The highest BCUT2D eigenvalue weighted by Crippen LogP contribution is 2.25. The van der Waals surface area contributed by atoms with E-state index in [1.807, 2.05) is 4.90 Å². The second-order valence-electron chi connectivity index (χ2n) is 6.88. The molecule has 9 heteroatoms. The van der Waals surface area contributed by atoms with Crippen molar-refractivity contribution in [3.8, 4) is 5.75 Å². The van der Waals surface area contributed by atoms with Gasteiger partial charge in [-0.1, -0.05) is 12.1 Å². The predicted molar refractivity (Wildman–Crippen MR) is 110 cm³/mol. The molecule has 1 aromatic heterocycles. The molecule has 2 aromatic carbocycles. The Labute approximate surface area is 171 Å². The van der Waals surface area contributed by atoms with Crippen LogP contribution in [0, 0.1) is 10.1 Å². The van der Waals surface area contributed by atoms with Crippen molar-refractivity contribution in [2.75, 3.05) is 38.2 Å². The van der Waals surface area contributed by atoms with Gasteiger partial charge in [-0.05, 0) is 24.3 Å². The van der Waals surface area contributed by atoms with Crippen molar-refractivity contribution in [1.82, 2.24) is 4.90 Å². The van der Waals surface area contributed by atoms with E-state index in [9.17, 15) is 19.7 Å². The van der Waals surface area contributed by atoms with Crippen LogP contribution in [0.1, 0.15) is 10.4 Å². The number of para-hydroxylation sites is 1. The van der Waals surface area contributed by atoms with Gasteiger partial charge in [0, 0.05) is 49.4 Å². The number of anilines is 1. The Kier molecular flexibility index (Phi) is 5.09. The van der Waals surface area contributed by atoms with Crippen LogP contribution in [-0.4, -0.2) is 49.0 Å². The zero-order chi connectivity index (χ0) is 21.3. The Morgan fingerprint density at radius 2 is 1.80 bits per heavy atom. The smallest absolute Gasteiger partial charge is 0.349 e. The summed E-state index contributed by atoms with van der Waals surface area (Å²) in [5, 5.41) is 11.4. The van der Waals surface area contributed by atoms with Gasteiger partial charge >= 0.3 is 5.63 Å². The molecule has 30 heavy (non-hydrogen) atoms. The van der Waals surface area contributed by atoms with E-state index in [1.54, 1.807) is 35.2 Å².